The van der Waals surface area contributed by atoms with E-state index in [0.717, 1.165) is 5.02 Å². The lowest BCUT2D eigenvalue weighted by atomic mass is 10.1. The second kappa shape index (κ2) is 7.73. The van der Waals surface area contributed by atoms with Crippen molar-refractivity contribution in [2.24, 2.45) is 0 Å². The minimum atomic E-state index is -1.63. The summed E-state index contributed by atoms with van der Waals surface area (Å²) in [6, 6.07) is 38.6. The van der Waals surface area contributed by atoms with Gasteiger partial charge in [0.25, 0.3) is 0 Å². The molecule has 4 aromatic rings. The summed E-state index contributed by atoms with van der Waals surface area (Å²) in [6.45, 7) is 0. The van der Waals surface area contributed by atoms with Crippen molar-refractivity contribution in [1.29, 1.82) is 0 Å². The molecule has 126 valence electrons. The smallest absolute Gasteiger partial charge is 0.0843 e. The molecule has 4 rings (SSSR count). The Labute approximate surface area is 161 Å². The van der Waals surface area contributed by atoms with E-state index in [2.05, 4.69) is 103 Å². The summed E-state index contributed by atoms with van der Waals surface area (Å²) in [4.78, 5) is 0. The topological polar surface area (TPSA) is 0 Å². The van der Waals surface area contributed by atoms with E-state index in [1.165, 1.54) is 26.7 Å². The standard InChI is InChI=1S/C24H19ClSi/c25-20-16-17-23(19-10-4-1-5-11-19)24(18-20)26(21-12-6-2-7-13-21)22-14-8-3-9-15-22/h1-18,26H. The molecule has 4 aromatic carbocycles. The van der Waals surface area contributed by atoms with Gasteiger partial charge in [0, 0.05) is 5.02 Å². The van der Waals surface area contributed by atoms with Crippen molar-refractivity contribution >= 4 is 36.0 Å². The molecule has 0 radical (unpaired) electrons. The highest BCUT2D eigenvalue weighted by molar-refractivity contribution is 6.96. The first-order valence-electron chi connectivity index (χ1n) is 8.78. The van der Waals surface area contributed by atoms with Gasteiger partial charge in [0.05, 0.1) is 0 Å². The van der Waals surface area contributed by atoms with Gasteiger partial charge in [-0.1, -0.05) is 119 Å². The zero-order valence-electron chi connectivity index (χ0n) is 14.3. The Balaban J connectivity index is 1.96. The highest BCUT2D eigenvalue weighted by Gasteiger charge is 2.22. The molecule has 0 aromatic heterocycles. The summed E-state index contributed by atoms with van der Waals surface area (Å²) < 4.78 is 0. The van der Waals surface area contributed by atoms with Gasteiger partial charge in [0.2, 0.25) is 0 Å². The molecular formula is C24H19ClSi. The molecule has 0 fully saturated rings. The van der Waals surface area contributed by atoms with Crippen LogP contribution in [0.2, 0.25) is 5.02 Å². The summed E-state index contributed by atoms with van der Waals surface area (Å²) in [5.41, 5.74) is 2.52. The summed E-state index contributed by atoms with van der Waals surface area (Å²) in [6.07, 6.45) is 0. The van der Waals surface area contributed by atoms with Crippen LogP contribution in [0.15, 0.2) is 109 Å². The maximum absolute atomic E-state index is 6.45. The van der Waals surface area contributed by atoms with Crippen LogP contribution in [-0.4, -0.2) is 8.80 Å². The van der Waals surface area contributed by atoms with Crippen molar-refractivity contribution in [3.63, 3.8) is 0 Å². The molecule has 0 heterocycles. The highest BCUT2D eigenvalue weighted by atomic mass is 35.5. The lowest BCUT2D eigenvalue weighted by molar-refractivity contribution is 1.64. The molecule has 0 aliphatic rings. The molecule has 0 N–H and O–H groups in total. The van der Waals surface area contributed by atoms with E-state index < -0.39 is 8.80 Å². The van der Waals surface area contributed by atoms with Gasteiger partial charge in [0.15, 0.2) is 0 Å². The highest BCUT2D eigenvalue weighted by Crippen LogP contribution is 2.20. The molecule has 0 amide bonds. The van der Waals surface area contributed by atoms with Crippen LogP contribution < -0.4 is 15.6 Å². The Bertz CT molecular complexity index is 943. The van der Waals surface area contributed by atoms with E-state index in [4.69, 9.17) is 11.6 Å². The van der Waals surface area contributed by atoms with Gasteiger partial charge in [-0.3, -0.25) is 0 Å². The molecule has 0 saturated heterocycles. The molecule has 0 nitrogen and oxygen atoms in total. The lowest BCUT2D eigenvalue weighted by Gasteiger charge is -2.21. The average molecular weight is 371 g/mol. The fourth-order valence-corrected chi connectivity index (χ4v) is 7.02. The number of rotatable bonds is 4. The van der Waals surface area contributed by atoms with Crippen molar-refractivity contribution in [1.82, 2.24) is 0 Å². The Hall–Kier alpha value is -2.61. The van der Waals surface area contributed by atoms with Gasteiger partial charge < -0.3 is 0 Å². The summed E-state index contributed by atoms with van der Waals surface area (Å²) in [5, 5.41) is 4.96. The molecule has 0 bridgehead atoms. The van der Waals surface area contributed by atoms with E-state index >= 15 is 0 Å². The van der Waals surface area contributed by atoms with Gasteiger partial charge in [-0.15, -0.1) is 0 Å². The third kappa shape index (κ3) is 3.50. The fraction of sp³-hybridized carbons (Fsp3) is 0. The van der Waals surface area contributed by atoms with Crippen LogP contribution in [-0.2, 0) is 0 Å². The lowest BCUT2D eigenvalue weighted by Crippen LogP contribution is -2.52. The number of hydrogen-bond acceptors (Lipinski definition) is 0. The minimum absolute atomic E-state index is 0.795. The maximum atomic E-state index is 6.45. The number of benzene rings is 4. The quantitative estimate of drug-likeness (QED) is 0.372. The third-order valence-corrected chi connectivity index (χ3v) is 8.11. The first kappa shape index (κ1) is 16.8. The monoisotopic (exact) mass is 370 g/mol. The molecule has 0 saturated carbocycles. The van der Waals surface area contributed by atoms with Crippen molar-refractivity contribution < 1.29 is 0 Å². The molecule has 0 spiro atoms. The predicted molar refractivity (Wildman–Crippen MR) is 116 cm³/mol. The summed E-state index contributed by atoms with van der Waals surface area (Å²) >= 11 is 6.45. The van der Waals surface area contributed by atoms with Crippen LogP contribution in [0, 0.1) is 0 Å². The van der Waals surface area contributed by atoms with Gasteiger partial charge in [-0.25, -0.2) is 0 Å². The van der Waals surface area contributed by atoms with Crippen LogP contribution >= 0.6 is 11.6 Å². The third-order valence-electron chi connectivity index (χ3n) is 4.68. The van der Waals surface area contributed by atoms with Crippen molar-refractivity contribution in [3.05, 3.63) is 114 Å². The van der Waals surface area contributed by atoms with Crippen molar-refractivity contribution in [3.8, 4) is 11.1 Å². The SMILES string of the molecule is Clc1ccc(-c2ccccc2)c([SiH](c2ccccc2)c2ccccc2)c1. The van der Waals surface area contributed by atoms with E-state index in [9.17, 15) is 0 Å². The van der Waals surface area contributed by atoms with E-state index in [-0.39, 0.29) is 0 Å². The van der Waals surface area contributed by atoms with Gasteiger partial charge in [-0.05, 0) is 28.4 Å². The second-order valence-corrected chi connectivity index (χ2v) is 9.61. The molecular weight excluding hydrogens is 352 g/mol. The Morgan fingerprint density at radius 1 is 0.538 bits per heavy atom. The van der Waals surface area contributed by atoms with Gasteiger partial charge >= 0.3 is 0 Å². The fourth-order valence-electron chi connectivity index (χ4n) is 3.50. The summed E-state index contributed by atoms with van der Waals surface area (Å²) in [7, 11) is -1.63. The Morgan fingerprint density at radius 3 is 1.58 bits per heavy atom. The molecule has 0 aliphatic heterocycles. The largest absolute Gasteiger partial charge is 0.133 e. The minimum Gasteiger partial charge on any atom is -0.0843 e. The second-order valence-electron chi connectivity index (χ2n) is 6.35. The van der Waals surface area contributed by atoms with Gasteiger partial charge in [0.1, 0.15) is 8.80 Å². The molecule has 2 heteroatoms. The maximum Gasteiger partial charge on any atom is 0.133 e. The zero-order chi connectivity index (χ0) is 17.8. The van der Waals surface area contributed by atoms with Crippen LogP contribution in [0.25, 0.3) is 11.1 Å². The first-order valence-corrected chi connectivity index (χ1v) is 10.9. The van der Waals surface area contributed by atoms with Crippen LogP contribution in [0.1, 0.15) is 0 Å². The zero-order valence-corrected chi connectivity index (χ0v) is 16.3. The van der Waals surface area contributed by atoms with Crippen LogP contribution in [0.3, 0.4) is 0 Å². The Kier molecular flexibility index (Phi) is 5.01. The van der Waals surface area contributed by atoms with Crippen LogP contribution in [0.5, 0.6) is 0 Å². The van der Waals surface area contributed by atoms with Crippen molar-refractivity contribution in [2.45, 2.75) is 0 Å². The van der Waals surface area contributed by atoms with Crippen LogP contribution in [0.4, 0.5) is 0 Å². The van der Waals surface area contributed by atoms with E-state index in [1.807, 2.05) is 6.07 Å². The first-order chi connectivity index (χ1) is 12.8. The summed E-state index contributed by atoms with van der Waals surface area (Å²) in [5.74, 6) is 0. The predicted octanol–water partition coefficient (Wildman–Crippen LogP) is 4.26. The number of hydrogen-bond donors (Lipinski definition) is 0. The van der Waals surface area contributed by atoms with Crippen molar-refractivity contribution in [2.75, 3.05) is 0 Å². The molecule has 0 atom stereocenters. The normalized spacial score (nSPS) is 10.8. The molecule has 0 aliphatic carbocycles. The number of halogens is 1. The van der Waals surface area contributed by atoms with E-state index in [0.29, 0.717) is 0 Å². The van der Waals surface area contributed by atoms with E-state index in [1.54, 1.807) is 0 Å². The Morgan fingerprint density at radius 2 is 1.04 bits per heavy atom. The molecule has 0 unspecified atom stereocenters. The van der Waals surface area contributed by atoms with Gasteiger partial charge in [-0.2, -0.15) is 0 Å². The molecule has 26 heavy (non-hydrogen) atoms. The average Bonchev–Trinajstić information content (AvgIpc) is 2.71.